The first-order valence-corrected chi connectivity index (χ1v) is 9.46. The Kier molecular flexibility index (Phi) is 8.31. The third-order valence-corrected chi connectivity index (χ3v) is 4.66. The van der Waals surface area contributed by atoms with Crippen LogP contribution in [0.15, 0.2) is 54.9 Å². The van der Waals surface area contributed by atoms with E-state index < -0.39 is 18.0 Å². The topological polar surface area (TPSA) is 106 Å². The summed E-state index contributed by atoms with van der Waals surface area (Å²) in [6.45, 7) is 0.344. The normalized spacial score (nSPS) is 11.4. The van der Waals surface area contributed by atoms with E-state index in [9.17, 15) is 14.4 Å². The van der Waals surface area contributed by atoms with Gasteiger partial charge in [-0.2, -0.15) is 11.8 Å². The van der Waals surface area contributed by atoms with Crippen LogP contribution < -0.4 is 10.1 Å². The van der Waals surface area contributed by atoms with Crippen LogP contribution in [-0.2, 0) is 4.79 Å². The number of benzene rings is 1. The summed E-state index contributed by atoms with van der Waals surface area (Å²) in [4.78, 5) is 39.1. The smallest absolute Gasteiger partial charge is 0.412 e. The number of nitrogens with zero attached hydrogens (tertiary/aromatic N) is 1. The van der Waals surface area contributed by atoms with Gasteiger partial charge in [-0.3, -0.25) is 14.6 Å². The second-order valence-corrected chi connectivity index (χ2v) is 6.75. The van der Waals surface area contributed by atoms with E-state index in [-0.39, 0.29) is 12.2 Å². The van der Waals surface area contributed by atoms with Crippen molar-refractivity contribution in [2.45, 2.75) is 6.42 Å². The molecule has 1 aromatic heterocycles. The molecule has 2 N–H and O–H groups in total. The van der Waals surface area contributed by atoms with E-state index in [1.807, 2.05) is 6.07 Å². The van der Waals surface area contributed by atoms with Gasteiger partial charge < -0.3 is 15.2 Å². The van der Waals surface area contributed by atoms with Crippen LogP contribution in [0.5, 0.6) is 5.75 Å². The SMILES string of the molecule is O=C(O)CC(CSCCNC(=O)Oc1ccccc1)C(=O)c1cccnc1. The second kappa shape index (κ2) is 11.0. The van der Waals surface area contributed by atoms with Crippen molar-refractivity contribution in [2.24, 2.45) is 5.92 Å². The van der Waals surface area contributed by atoms with Crippen molar-refractivity contribution in [1.29, 1.82) is 0 Å². The number of amides is 1. The third-order valence-electron chi connectivity index (χ3n) is 3.53. The molecule has 142 valence electrons. The minimum Gasteiger partial charge on any atom is -0.481 e. The van der Waals surface area contributed by atoms with Gasteiger partial charge in [0.05, 0.1) is 6.42 Å². The maximum absolute atomic E-state index is 12.4. The van der Waals surface area contributed by atoms with E-state index >= 15 is 0 Å². The van der Waals surface area contributed by atoms with Crippen LogP contribution in [0, 0.1) is 5.92 Å². The van der Waals surface area contributed by atoms with E-state index in [1.165, 1.54) is 18.0 Å². The summed E-state index contributed by atoms with van der Waals surface area (Å²) in [7, 11) is 0. The van der Waals surface area contributed by atoms with Gasteiger partial charge in [0.25, 0.3) is 0 Å². The highest BCUT2D eigenvalue weighted by Gasteiger charge is 2.23. The average molecular weight is 388 g/mol. The molecule has 0 aliphatic rings. The fourth-order valence-corrected chi connectivity index (χ4v) is 3.23. The molecule has 0 spiro atoms. The van der Waals surface area contributed by atoms with Crippen molar-refractivity contribution < 1.29 is 24.2 Å². The quantitative estimate of drug-likeness (QED) is 0.476. The van der Waals surface area contributed by atoms with Crippen LogP contribution in [0.1, 0.15) is 16.8 Å². The fraction of sp³-hybridized carbons (Fsp3) is 0.263. The Morgan fingerprint density at radius 1 is 1.15 bits per heavy atom. The number of carboxylic acid groups (broad SMARTS) is 1. The molecule has 7 nitrogen and oxygen atoms in total. The predicted octanol–water partition coefficient (Wildman–Crippen LogP) is 2.88. The number of rotatable bonds is 10. The average Bonchev–Trinajstić information content (AvgIpc) is 2.67. The van der Waals surface area contributed by atoms with Crippen molar-refractivity contribution in [1.82, 2.24) is 10.3 Å². The highest BCUT2D eigenvalue weighted by atomic mass is 32.2. The predicted molar refractivity (Wildman–Crippen MR) is 102 cm³/mol. The summed E-state index contributed by atoms with van der Waals surface area (Å²) in [5, 5.41) is 11.7. The molecule has 8 heteroatoms. The molecule has 1 atom stereocenters. The molecular formula is C19H20N2O5S. The summed E-state index contributed by atoms with van der Waals surface area (Å²) in [5.41, 5.74) is 0.397. The zero-order valence-corrected chi connectivity index (χ0v) is 15.4. The van der Waals surface area contributed by atoms with E-state index in [2.05, 4.69) is 10.3 Å². The lowest BCUT2D eigenvalue weighted by atomic mass is 9.97. The van der Waals surface area contributed by atoms with Gasteiger partial charge in [-0.1, -0.05) is 18.2 Å². The number of nitrogens with one attached hydrogen (secondary N) is 1. The number of hydrogen-bond acceptors (Lipinski definition) is 6. The molecule has 0 aliphatic carbocycles. The van der Waals surface area contributed by atoms with Crippen LogP contribution in [0.2, 0.25) is 0 Å². The molecule has 1 heterocycles. The Balaban J connectivity index is 1.74. The summed E-state index contributed by atoms with van der Waals surface area (Å²) >= 11 is 1.40. The molecular weight excluding hydrogens is 368 g/mol. The number of ketones is 1. The highest BCUT2D eigenvalue weighted by Crippen LogP contribution is 2.18. The highest BCUT2D eigenvalue weighted by molar-refractivity contribution is 7.99. The van der Waals surface area contributed by atoms with Gasteiger partial charge in [0.1, 0.15) is 5.75 Å². The number of thioether (sulfide) groups is 1. The summed E-state index contributed by atoms with van der Waals surface area (Å²) in [6, 6.07) is 12.0. The van der Waals surface area contributed by atoms with Crippen LogP contribution in [0.3, 0.4) is 0 Å². The number of carbonyl (C=O) groups excluding carboxylic acids is 2. The molecule has 1 aromatic carbocycles. The molecule has 0 saturated heterocycles. The molecule has 0 bridgehead atoms. The third kappa shape index (κ3) is 7.49. The Morgan fingerprint density at radius 3 is 2.59 bits per heavy atom. The molecule has 2 aromatic rings. The van der Waals surface area contributed by atoms with Crippen molar-refractivity contribution in [2.75, 3.05) is 18.1 Å². The Hall–Kier alpha value is -2.87. The lowest BCUT2D eigenvalue weighted by Crippen LogP contribution is -2.29. The number of Topliss-reactive ketones (excluding diaryl/α,β-unsaturated/α-hetero) is 1. The molecule has 2 rings (SSSR count). The van der Waals surface area contributed by atoms with Gasteiger partial charge in [-0.25, -0.2) is 4.79 Å². The maximum Gasteiger partial charge on any atom is 0.412 e. The molecule has 0 fully saturated rings. The van der Waals surface area contributed by atoms with Crippen molar-refractivity contribution in [3.63, 3.8) is 0 Å². The van der Waals surface area contributed by atoms with Crippen molar-refractivity contribution in [3.8, 4) is 5.75 Å². The first kappa shape index (κ1) is 20.4. The van der Waals surface area contributed by atoms with Crippen LogP contribution >= 0.6 is 11.8 Å². The largest absolute Gasteiger partial charge is 0.481 e. The fourth-order valence-electron chi connectivity index (χ4n) is 2.26. The standard InChI is InChI=1S/C19H20N2O5S/c22-17(23)11-15(18(24)14-5-4-8-20-12-14)13-27-10-9-21-19(25)26-16-6-2-1-3-7-16/h1-8,12,15H,9-11,13H2,(H,21,25)(H,22,23). The van der Waals surface area contributed by atoms with Gasteiger partial charge in [-0.15, -0.1) is 0 Å². The van der Waals surface area contributed by atoms with Crippen LogP contribution in [0.4, 0.5) is 4.79 Å². The lowest BCUT2D eigenvalue weighted by Gasteiger charge is -2.13. The number of carbonyl (C=O) groups is 3. The second-order valence-electron chi connectivity index (χ2n) is 5.61. The van der Waals surface area contributed by atoms with Crippen molar-refractivity contribution in [3.05, 3.63) is 60.4 Å². The van der Waals surface area contributed by atoms with E-state index in [0.717, 1.165) is 0 Å². The van der Waals surface area contributed by atoms with E-state index in [0.29, 0.717) is 29.4 Å². The summed E-state index contributed by atoms with van der Waals surface area (Å²) in [6.07, 6.45) is 2.18. The number of ether oxygens (including phenoxy) is 1. The number of aromatic nitrogens is 1. The Bertz CT molecular complexity index is 755. The Labute approximate surface area is 161 Å². The number of hydrogen-bond donors (Lipinski definition) is 2. The number of pyridine rings is 1. The Morgan fingerprint density at radius 2 is 1.93 bits per heavy atom. The number of carboxylic acids is 1. The van der Waals surface area contributed by atoms with E-state index in [4.69, 9.17) is 9.84 Å². The minimum atomic E-state index is -1.03. The van der Waals surface area contributed by atoms with Crippen LogP contribution in [0.25, 0.3) is 0 Å². The molecule has 0 saturated carbocycles. The lowest BCUT2D eigenvalue weighted by molar-refractivity contribution is -0.137. The zero-order valence-electron chi connectivity index (χ0n) is 14.5. The first-order valence-electron chi connectivity index (χ1n) is 8.30. The molecule has 1 unspecified atom stereocenters. The van der Waals surface area contributed by atoms with Crippen molar-refractivity contribution >= 4 is 29.6 Å². The van der Waals surface area contributed by atoms with Gasteiger partial charge >= 0.3 is 12.1 Å². The first-order chi connectivity index (χ1) is 13.1. The van der Waals surface area contributed by atoms with Gasteiger partial charge in [0.15, 0.2) is 5.78 Å². The van der Waals surface area contributed by atoms with Crippen LogP contribution in [-0.4, -0.2) is 46.0 Å². The minimum absolute atomic E-state index is 0.241. The van der Waals surface area contributed by atoms with E-state index in [1.54, 1.807) is 42.6 Å². The van der Waals surface area contributed by atoms with Gasteiger partial charge in [0, 0.05) is 41.9 Å². The van der Waals surface area contributed by atoms with Gasteiger partial charge in [0.2, 0.25) is 0 Å². The number of para-hydroxylation sites is 1. The summed E-state index contributed by atoms with van der Waals surface area (Å²) < 4.78 is 5.09. The maximum atomic E-state index is 12.4. The molecule has 1 amide bonds. The monoisotopic (exact) mass is 388 g/mol. The van der Waals surface area contributed by atoms with Gasteiger partial charge in [-0.05, 0) is 24.3 Å². The molecule has 27 heavy (non-hydrogen) atoms. The number of aliphatic carboxylic acids is 1. The summed E-state index contributed by atoms with van der Waals surface area (Å²) in [5.74, 6) is -0.591. The molecule has 0 radical (unpaired) electrons. The zero-order chi connectivity index (χ0) is 19.5. The molecule has 0 aliphatic heterocycles.